The Labute approximate surface area is 129 Å². The lowest BCUT2D eigenvalue weighted by Gasteiger charge is -2.15. The molecule has 1 rings (SSSR count). The zero-order valence-electron chi connectivity index (χ0n) is 10.8. The van der Waals surface area contributed by atoms with Crippen LogP contribution in [0.2, 0.25) is 10.0 Å². The molecule has 0 bridgehead atoms. The lowest BCUT2D eigenvalue weighted by molar-refractivity contribution is -0.144. The smallest absolute Gasteiger partial charge is 0.329 e. The molecule has 0 fully saturated rings. The molecule has 0 saturated heterocycles. The van der Waals surface area contributed by atoms with Crippen molar-refractivity contribution in [3.05, 3.63) is 28.2 Å². The summed E-state index contributed by atoms with van der Waals surface area (Å²) >= 11 is 11.9. The molecule has 0 aliphatic rings. The van der Waals surface area contributed by atoms with Crippen molar-refractivity contribution in [3.63, 3.8) is 0 Å². The number of hydrogen-bond donors (Lipinski definition) is 1. The minimum atomic E-state index is -1.65. The van der Waals surface area contributed by atoms with Crippen LogP contribution in [0.5, 0.6) is 0 Å². The van der Waals surface area contributed by atoms with E-state index in [9.17, 15) is 13.8 Å². The molecule has 1 aromatic rings. The van der Waals surface area contributed by atoms with E-state index in [2.05, 4.69) is 10.1 Å². The van der Waals surface area contributed by atoms with Crippen LogP contribution in [0.25, 0.3) is 0 Å². The molecule has 8 heteroatoms. The molecule has 2 atom stereocenters. The van der Waals surface area contributed by atoms with Crippen LogP contribution in [-0.2, 0) is 25.1 Å². The Balaban J connectivity index is 2.96. The van der Waals surface area contributed by atoms with Gasteiger partial charge in [-0.25, -0.2) is 4.79 Å². The summed E-state index contributed by atoms with van der Waals surface area (Å²) in [5.74, 6) is -1.28. The summed E-state index contributed by atoms with van der Waals surface area (Å²) in [5, 5.41) is 2.85. The number of rotatable bonds is 5. The average molecular weight is 338 g/mol. The summed E-state index contributed by atoms with van der Waals surface area (Å²) < 4.78 is 16.8. The molecule has 0 aliphatic heterocycles. The van der Waals surface area contributed by atoms with Gasteiger partial charge in [0.25, 0.3) is 0 Å². The number of benzene rings is 1. The van der Waals surface area contributed by atoms with Crippen molar-refractivity contribution in [1.82, 2.24) is 5.32 Å². The van der Waals surface area contributed by atoms with E-state index in [1.807, 2.05) is 0 Å². The first-order chi connectivity index (χ1) is 9.36. The van der Waals surface area contributed by atoms with Gasteiger partial charge in [0.1, 0.15) is 6.04 Å². The van der Waals surface area contributed by atoms with Gasteiger partial charge in [0.05, 0.1) is 38.6 Å². The van der Waals surface area contributed by atoms with Gasteiger partial charge in [0.15, 0.2) is 0 Å². The van der Waals surface area contributed by atoms with E-state index in [1.165, 1.54) is 14.0 Å². The van der Waals surface area contributed by atoms with E-state index in [4.69, 9.17) is 23.2 Å². The summed E-state index contributed by atoms with van der Waals surface area (Å²) in [6.45, 7) is 1.25. The van der Waals surface area contributed by atoms with Crippen molar-refractivity contribution < 1.29 is 18.5 Å². The second-order valence-electron chi connectivity index (χ2n) is 3.84. The fourth-order valence-corrected chi connectivity index (χ4v) is 3.66. The predicted octanol–water partition coefficient (Wildman–Crippen LogP) is 1.78. The molecular formula is C12H13Cl2NO4S. The van der Waals surface area contributed by atoms with E-state index in [0.29, 0.717) is 0 Å². The molecule has 110 valence electrons. The maximum atomic E-state index is 12.3. The van der Waals surface area contributed by atoms with Crippen molar-refractivity contribution in [2.24, 2.45) is 0 Å². The van der Waals surface area contributed by atoms with Gasteiger partial charge >= 0.3 is 5.97 Å². The largest absolute Gasteiger partial charge is 0.467 e. The third-order valence-corrected chi connectivity index (χ3v) is 4.71. The van der Waals surface area contributed by atoms with Crippen molar-refractivity contribution >= 4 is 45.9 Å². The average Bonchev–Trinajstić information content (AvgIpc) is 2.36. The number of ether oxygens (including phenoxy) is 1. The second-order valence-corrected chi connectivity index (χ2v) is 6.09. The Bertz CT molecular complexity index is 530. The van der Waals surface area contributed by atoms with Gasteiger partial charge < -0.3 is 10.1 Å². The molecule has 0 saturated carbocycles. The van der Waals surface area contributed by atoms with Gasteiger partial charge in [-0.05, 0) is 12.1 Å². The molecule has 0 radical (unpaired) electrons. The normalized spacial score (nSPS) is 13.4. The van der Waals surface area contributed by atoms with Crippen molar-refractivity contribution in [2.45, 2.75) is 17.9 Å². The van der Waals surface area contributed by atoms with Crippen LogP contribution in [0.3, 0.4) is 0 Å². The van der Waals surface area contributed by atoms with Gasteiger partial charge in [0, 0.05) is 6.92 Å². The minimum Gasteiger partial charge on any atom is -0.467 e. The van der Waals surface area contributed by atoms with E-state index in [0.717, 1.165) is 0 Å². The first-order valence-corrected chi connectivity index (χ1v) is 7.61. The highest BCUT2D eigenvalue weighted by Crippen LogP contribution is 2.28. The molecule has 2 unspecified atom stereocenters. The lowest BCUT2D eigenvalue weighted by atomic mass is 10.3. The molecule has 20 heavy (non-hydrogen) atoms. The summed E-state index contributed by atoms with van der Waals surface area (Å²) in [6, 6.07) is 3.70. The first-order valence-electron chi connectivity index (χ1n) is 5.54. The summed E-state index contributed by atoms with van der Waals surface area (Å²) in [6.07, 6.45) is 0. The monoisotopic (exact) mass is 337 g/mol. The Morgan fingerprint density at radius 3 is 2.35 bits per heavy atom. The molecule has 0 spiro atoms. The highest BCUT2D eigenvalue weighted by Gasteiger charge is 2.25. The van der Waals surface area contributed by atoms with Crippen molar-refractivity contribution in [1.29, 1.82) is 0 Å². The summed E-state index contributed by atoms with van der Waals surface area (Å²) in [4.78, 5) is 22.8. The van der Waals surface area contributed by atoms with Crippen LogP contribution in [0.15, 0.2) is 23.1 Å². The number of nitrogens with one attached hydrogen (secondary N) is 1. The number of esters is 1. The van der Waals surface area contributed by atoms with Crippen molar-refractivity contribution in [3.8, 4) is 0 Å². The van der Waals surface area contributed by atoms with Crippen LogP contribution in [0.1, 0.15) is 6.92 Å². The number of carbonyl (C=O) groups is 2. The molecule has 0 aromatic heterocycles. The van der Waals surface area contributed by atoms with E-state index in [-0.39, 0.29) is 20.7 Å². The third-order valence-electron chi connectivity index (χ3n) is 2.33. The van der Waals surface area contributed by atoms with Crippen LogP contribution in [0, 0.1) is 0 Å². The van der Waals surface area contributed by atoms with Crippen LogP contribution >= 0.6 is 23.2 Å². The topological polar surface area (TPSA) is 72.5 Å². The number of amides is 1. The van der Waals surface area contributed by atoms with Crippen molar-refractivity contribution in [2.75, 3.05) is 12.9 Å². The number of methoxy groups -OCH3 is 1. The number of halogens is 2. The SMILES string of the molecule is COC(=O)C(CS(=O)c1c(Cl)cccc1Cl)NC(C)=O. The van der Waals surface area contributed by atoms with Gasteiger partial charge in [-0.1, -0.05) is 29.3 Å². The minimum absolute atomic E-state index is 0.171. The highest BCUT2D eigenvalue weighted by molar-refractivity contribution is 7.85. The predicted molar refractivity (Wildman–Crippen MR) is 77.4 cm³/mol. The molecule has 0 heterocycles. The second kappa shape index (κ2) is 7.61. The summed E-state index contributed by atoms with van der Waals surface area (Å²) in [5.41, 5.74) is 0. The highest BCUT2D eigenvalue weighted by atomic mass is 35.5. The quantitative estimate of drug-likeness (QED) is 0.831. The molecule has 1 aromatic carbocycles. The lowest BCUT2D eigenvalue weighted by Crippen LogP contribution is -2.44. The molecule has 1 amide bonds. The van der Waals surface area contributed by atoms with Gasteiger partial charge in [0.2, 0.25) is 5.91 Å². The Kier molecular flexibility index (Phi) is 6.45. The van der Waals surface area contributed by atoms with Gasteiger partial charge in [-0.3, -0.25) is 9.00 Å². The molecule has 1 N–H and O–H groups in total. The maximum absolute atomic E-state index is 12.3. The summed E-state index contributed by atoms with van der Waals surface area (Å²) in [7, 11) is -0.472. The Morgan fingerprint density at radius 2 is 1.90 bits per heavy atom. The Morgan fingerprint density at radius 1 is 1.35 bits per heavy atom. The van der Waals surface area contributed by atoms with Gasteiger partial charge in [-0.2, -0.15) is 0 Å². The first kappa shape index (κ1) is 16.9. The zero-order chi connectivity index (χ0) is 15.3. The number of carbonyl (C=O) groups excluding carboxylic acids is 2. The van der Waals surface area contributed by atoms with E-state index in [1.54, 1.807) is 18.2 Å². The zero-order valence-corrected chi connectivity index (χ0v) is 13.1. The fraction of sp³-hybridized carbons (Fsp3) is 0.333. The standard InChI is InChI=1S/C12H13Cl2NO4S/c1-7(16)15-10(12(17)19-2)6-20(18)11-8(13)4-3-5-9(11)14/h3-5,10H,6H2,1-2H3,(H,15,16). The van der Waals surface area contributed by atoms with E-state index < -0.39 is 28.7 Å². The molecule has 0 aliphatic carbocycles. The number of hydrogen-bond acceptors (Lipinski definition) is 4. The van der Waals surface area contributed by atoms with Crippen LogP contribution in [0.4, 0.5) is 0 Å². The maximum Gasteiger partial charge on any atom is 0.329 e. The van der Waals surface area contributed by atoms with E-state index >= 15 is 0 Å². The Hall–Kier alpha value is -1.11. The van der Waals surface area contributed by atoms with Crippen LogP contribution in [-0.4, -0.2) is 35.0 Å². The van der Waals surface area contributed by atoms with Crippen LogP contribution < -0.4 is 5.32 Å². The molecule has 5 nitrogen and oxygen atoms in total. The fourth-order valence-electron chi connectivity index (χ4n) is 1.49. The third kappa shape index (κ3) is 4.47. The molecular weight excluding hydrogens is 325 g/mol. The van der Waals surface area contributed by atoms with Gasteiger partial charge in [-0.15, -0.1) is 0 Å².